The molecule has 0 atom stereocenters. The van der Waals surface area contributed by atoms with E-state index < -0.39 is 59.3 Å². The molecule has 0 aromatic heterocycles. The van der Waals surface area contributed by atoms with Gasteiger partial charge in [0.05, 0.1) is 12.4 Å². The fraction of sp³-hybridized carbons (Fsp3) is 0.800. The smallest absolute Gasteiger partial charge is 0.270 e. The van der Waals surface area contributed by atoms with Gasteiger partial charge in [0.15, 0.2) is 0 Å². The van der Waals surface area contributed by atoms with Crippen LogP contribution < -0.4 is 0 Å². The first kappa shape index (κ1) is 22.0. The normalized spacial score (nSPS) is 14.8. The molecule has 0 heterocycles. The molecule has 0 aliphatic carbocycles. The van der Waals surface area contributed by atoms with E-state index in [1.54, 1.807) is 0 Å². The Morgan fingerprint density at radius 1 is 0.913 bits per heavy atom. The molecule has 0 saturated heterocycles. The van der Waals surface area contributed by atoms with Crippen LogP contribution in [0.4, 0.5) is 39.5 Å². The minimum absolute atomic E-state index is 0.730. The summed E-state index contributed by atoms with van der Waals surface area (Å²) in [7, 11) is -4.22. The first-order chi connectivity index (χ1) is 10.0. The quantitative estimate of drug-likeness (QED) is 0.264. The molecule has 23 heavy (non-hydrogen) atoms. The lowest BCUT2D eigenvalue weighted by Crippen LogP contribution is -2.60. The predicted molar refractivity (Wildman–Crippen MR) is 60.1 cm³/mol. The van der Waals surface area contributed by atoms with Crippen molar-refractivity contribution in [2.75, 3.05) is 12.4 Å². The average molecular weight is 382 g/mol. The third kappa shape index (κ3) is 4.99. The van der Waals surface area contributed by atoms with E-state index in [9.17, 15) is 47.9 Å². The van der Waals surface area contributed by atoms with Crippen LogP contribution >= 0.6 is 0 Å². The van der Waals surface area contributed by atoms with Crippen LogP contribution in [0.5, 0.6) is 0 Å². The van der Waals surface area contributed by atoms with Crippen molar-refractivity contribution in [1.82, 2.24) is 0 Å². The third-order valence-corrected chi connectivity index (χ3v) is 3.60. The lowest BCUT2D eigenvalue weighted by Gasteiger charge is -2.33. The van der Waals surface area contributed by atoms with Gasteiger partial charge in [-0.3, -0.25) is 4.18 Å². The zero-order valence-corrected chi connectivity index (χ0v) is 12.0. The van der Waals surface area contributed by atoms with Crippen LogP contribution in [0.3, 0.4) is 0 Å². The maximum atomic E-state index is 13.0. The molecule has 138 valence electrons. The Balaban J connectivity index is 4.91. The number of rotatable bonds is 9. The lowest BCUT2D eigenvalue weighted by atomic mass is 10.00. The molecule has 0 unspecified atom stereocenters. The van der Waals surface area contributed by atoms with Crippen molar-refractivity contribution in [3.63, 3.8) is 0 Å². The minimum atomic E-state index is -6.96. The van der Waals surface area contributed by atoms with Crippen molar-refractivity contribution in [2.45, 2.75) is 36.8 Å². The molecule has 0 rings (SSSR count). The fourth-order valence-electron chi connectivity index (χ4n) is 1.24. The molecule has 0 spiro atoms. The monoisotopic (exact) mass is 382 g/mol. The van der Waals surface area contributed by atoms with Gasteiger partial charge in [0.2, 0.25) is 0 Å². The minimum Gasteiger partial charge on any atom is -0.270 e. The number of hydrogen-bond acceptors (Lipinski definition) is 3. The number of alkyl halides is 9. The molecule has 0 aromatic carbocycles. The number of halogens is 9. The van der Waals surface area contributed by atoms with E-state index in [1.807, 2.05) is 0 Å². The van der Waals surface area contributed by atoms with Gasteiger partial charge in [0.25, 0.3) is 10.1 Å². The zero-order chi connectivity index (χ0) is 18.7. The molecular weight excluding hydrogens is 371 g/mol. The van der Waals surface area contributed by atoms with Crippen molar-refractivity contribution in [2.24, 2.45) is 0 Å². The third-order valence-electron chi connectivity index (χ3n) is 2.43. The molecule has 0 saturated carbocycles. The van der Waals surface area contributed by atoms with Crippen LogP contribution in [0.15, 0.2) is 12.7 Å². The molecule has 0 amide bonds. The van der Waals surface area contributed by atoms with E-state index in [1.165, 1.54) is 0 Å². The second kappa shape index (κ2) is 6.87. The van der Waals surface area contributed by atoms with E-state index in [0.29, 0.717) is 0 Å². The molecule has 13 heteroatoms. The molecule has 0 aromatic rings. The van der Waals surface area contributed by atoms with E-state index in [0.717, 1.165) is 6.08 Å². The summed E-state index contributed by atoms with van der Waals surface area (Å²) in [4.78, 5) is 0. The second-order valence-electron chi connectivity index (χ2n) is 4.29. The van der Waals surface area contributed by atoms with E-state index >= 15 is 0 Å². The Kier molecular flexibility index (Phi) is 6.58. The van der Waals surface area contributed by atoms with E-state index in [4.69, 9.17) is 0 Å². The van der Waals surface area contributed by atoms with Gasteiger partial charge in [0.1, 0.15) is 0 Å². The summed E-state index contributed by atoms with van der Waals surface area (Å²) in [6.45, 7) is 1.93. The topological polar surface area (TPSA) is 43.4 Å². The Bertz CT molecular complexity index is 510. The van der Waals surface area contributed by atoms with Crippen LogP contribution in [0.2, 0.25) is 0 Å². The molecule has 0 fully saturated rings. The summed E-state index contributed by atoms with van der Waals surface area (Å²) in [6.07, 6.45) is -9.37. The molecule has 0 aliphatic rings. The van der Waals surface area contributed by atoms with Crippen molar-refractivity contribution in [1.29, 1.82) is 0 Å². The van der Waals surface area contributed by atoms with Gasteiger partial charge in [-0.1, -0.05) is 6.08 Å². The summed E-state index contributed by atoms with van der Waals surface area (Å²) in [6, 6.07) is 0. The molecule has 0 N–H and O–H groups in total. The Morgan fingerprint density at radius 3 is 1.78 bits per heavy atom. The van der Waals surface area contributed by atoms with Crippen LogP contribution in [0.1, 0.15) is 12.8 Å². The first-order valence-corrected chi connectivity index (χ1v) is 7.28. The summed E-state index contributed by atoms with van der Waals surface area (Å²) >= 11 is 0. The highest BCUT2D eigenvalue weighted by Crippen LogP contribution is 2.54. The van der Waals surface area contributed by atoms with Gasteiger partial charge >= 0.3 is 23.9 Å². The molecule has 3 nitrogen and oxygen atoms in total. The van der Waals surface area contributed by atoms with Gasteiger partial charge in [-0.15, -0.1) is 6.58 Å². The van der Waals surface area contributed by atoms with Gasteiger partial charge in [0, 0.05) is 6.42 Å². The highest BCUT2D eigenvalue weighted by molar-refractivity contribution is 7.86. The Hall–Kier alpha value is -0.980. The zero-order valence-electron chi connectivity index (χ0n) is 11.1. The summed E-state index contributed by atoms with van der Waals surface area (Å²) in [5.41, 5.74) is 0. The second-order valence-corrected chi connectivity index (χ2v) is 5.97. The largest absolute Gasteiger partial charge is 0.460 e. The highest BCUT2D eigenvalue weighted by atomic mass is 32.2. The van der Waals surface area contributed by atoms with Crippen molar-refractivity contribution in [3.05, 3.63) is 12.7 Å². The predicted octanol–water partition coefficient (Wildman–Crippen LogP) is 3.77. The summed E-state index contributed by atoms with van der Waals surface area (Å²) in [5.74, 6) is -20.1. The van der Waals surface area contributed by atoms with Crippen molar-refractivity contribution < 1.29 is 52.1 Å². The van der Waals surface area contributed by atoms with Crippen LogP contribution in [0, 0.1) is 0 Å². The molecular formula is C10H11F9O3S. The van der Waals surface area contributed by atoms with Crippen molar-refractivity contribution >= 4 is 10.1 Å². The molecule has 0 radical (unpaired) electrons. The Morgan fingerprint density at radius 2 is 1.39 bits per heavy atom. The van der Waals surface area contributed by atoms with Crippen LogP contribution in [-0.4, -0.2) is 44.7 Å². The fourth-order valence-corrected chi connectivity index (χ4v) is 1.99. The van der Waals surface area contributed by atoms with Crippen LogP contribution in [-0.2, 0) is 14.3 Å². The van der Waals surface area contributed by atoms with E-state index in [2.05, 4.69) is 10.8 Å². The number of hydrogen-bond donors (Lipinski definition) is 0. The molecule has 0 bridgehead atoms. The SMILES string of the molecule is C=CCS(=O)(=O)OCCCC(F)(F)C(F)(F)C(F)(F)C(F)(F)F. The maximum Gasteiger partial charge on any atom is 0.460 e. The van der Waals surface area contributed by atoms with Crippen LogP contribution in [0.25, 0.3) is 0 Å². The summed E-state index contributed by atoms with van der Waals surface area (Å²) in [5, 5.41) is 0. The first-order valence-electron chi connectivity index (χ1n) is 5.70. The lowest BCUT2D eigenvalue weighted by molar-refractivity contribution is -0.396. The Labute approximate surface area is 125 Å². The van der Waals surface area contributed by atoms with Crippen molar-refractivity contribution in [3.8, 4) is 0 Å². The van der Waals surface area contributed by atoms with Gasteiger partial charge in [-0.2, -0.15) is 47.9 Å². The van der Waals surface area contributed by atoms with Gasteiger partial charge in [-0.05, 0) is 6.42 Å². The summed E-state index contributed by atoms with van der Waals surface area (Å²) < 4.78 is 138. The van der Waals surface area contributed by atoms with Gasteiger partial charge < -0.3 is 0 Å². The van der Waals surface area contributed by atoms with E-state index in [-0.39, 0.29) is 0 Å². The van der Waals surface area contributed by atoms with Gasteiger partial charge in [-0.25, -0.2) is 0 Å². The highest BCUT2D eigenvalue weighted by Gasteiger charge is 2.81. The standard InChI is InChI=1S/C10H11F9O3S/c1-2-6-23(20,21)22-5-3-4-7(11,12)8(13,14)9(15,16)10(17,18)19/h2H,1,3-6H2. The maximum absolute atomic E-state index is 13.0. The molecule has 0 aliphatic heterocycles. The average Bonchev–Trinajstić information content (AvgIpc) is 2.32.